The highest BCUT2D eigenvalue weighted by molar-refractivity contribution is 5.95. The molecule has 0 aliphatic carbocycles. The summed E-state index contributed by atoms with van der Waals surface area (Å²) in [6.07, 6.45) is 5.37. The Kier molecular flexibility index (Phi) is 7.07. The first kappa shape index (κ1) is 17.5. The average molecular weight is 317 g/mol. The first-order valence-corrected chi connectivity index (χ1v) is 8.60. The topological polar surface area (TPSA) is 70.2 Å². The SMILES string of the molecule is CCCCCC(=O)Nc1cccc(NC(=O)C2CCNCC2)c1. The van der Waals surface area contributed by atoms with Crippen LogP contribution in [0.3, 0.4) is 0 Å². The van der Waals surface area contributed by atoms with E-state index in [4.69, 9.17) is 0 Å². The first-order valence-electron chi connectivity index (χ1n) is 8.60. The van der Waals surface area contributed by atoms with Gasteiger partial charge in [-0.3, -0.25) is 9.59 Å². The molecule has 5 nitrogen and oxygen atoms in total. The Morgan fingerprint density at radius 2 is 1.83 bits per heavy atom. The summed E-state index contributed by atoms with van der Waals surface area (Å²) >= 11 is 0. The van der Waals surface area contributed by atoms with Gasteiger partial charge in [0.25, 0.3) is 0 Å². The van der Waals surface area contributed by atoms with Crippen molar-refractivity contribution in [3.05, 3.63) is 24.3 Å². The molecule has 126 valence electrons. The third-order valence-electron chi connectivity index (χ3n) is 4.13. The van der Waals surface area contributed by atoms with Crippen molar-refractivity contribution in [2.24, 2.45) is 5.92 Å². The lowest BCUT2D eigenvalue weighted by Crippen LogP contribution is -2.34. The number of benzene rings is 1. The molecular formula is C18H27N3O2. The predicted octanol–water partition coefficient (Wildman–Crippen LogP) is 3.14. The average Bonchev–Trinajstić information content (AvgIpc) is 2.56. The molecule has 1 aromatic carbocycles. The molecule has 2 amide bonds. The molecule has 1 aliphatic rings. The number of hydrogen-bond donors (Lipinski definition) is 3. The maximum absolute atomic E-state index is 12.2. The number of carbonyl (C=O) groups excluding carboxylic acids is 2. The zero-order valence-electron chi connectivity index (χ0n) is 13.9. The van der Waals surface area contributed by atoms with E-state index in [1.54, 1.807) is 0 Å². The van der Waals surface area contributed by atoms with Crippen LogP contribution in [0.4, 0.5) is 11.4 Å². The summed E-state index contributed by atoms with van der Waals surface area (Å²) in [5, 5.41) is 9.11. The van der Waals surface area contributed by atoms with Crippen molar-refractivity contribution in [2.45, 2.75) is 45.4 Å². The summed E-state index contributed by atoms with van der Waals surface area (Å²) in [6.45, 7) is 3.91. The van der Waals surface area contributed by atoms with Gasteiger partial charge in [-0.1, -0.05) is 25.8 Å². The largest absolute Gasteiger partial charge is 0.326 e. The van der Waals surface area contributed by atoms with Crippen LogP contribution in [-0.4, -0.2) is 24.9 Å². The van der Waals surface area contributed by atoms with Gasteiger partial charge in [-0.15, -0.1) is 0 Å². The predicted molar refractivity (Wildman–Crippen MR) is 93.4 cm³/mol. The number of nitrogens with one attached hydrogen (secondary N) is 3. The fraction of sp³-hybridized carbons (Fsp3) is 0.556. The van der Waals surface area contributed by atoms with Crippen LogP contribution in [0.1, 0.15) is 45.4 Å². The van der Waals surface area contributed by atoms with Crippen molar-refractivity contribution in [1.82, 2.24) is 5.32 Å². The number of amides is 2. The maximum Gasteiger partial charge on any atom is 0.227 e. The molecule has 0 spiro atoms. The van der Waals surface area contributed by atoms with Crippen LogP contribution in [0.5, 0.6) is 0 Å². The lowest BCUT2D eigenvalue weighted by atomic mass is 9.97. The van der Waals surface area contributed by atoms with Gasteiger partial charge in [0, 0.05) is 23.7 Å². The molecule has 1 saturated heterocycles. The smallest absolute Gasteiger partial charge is 0.227 e. The van der Waals surface area contributed by atoms with Gasteiger partial charge in [0.05, 0.1) is 0 Å². The Labute approximate surface area is 138 Å². The second kappa shape index (κ2) is 9.30. The zero-order valence-corrected chi connectivity index (χ0v) is 13.9. The molecule has 0 aromatic heterocycles. The fourth-order valence-corrected chi connectivity index (χ4v) is 2.76. The van der Waals surface area contributed by atoms with E-state index in [0.717, 1.165) is 56.6 Å². The Bertz CT molecular complexity index is 525. The Balaban J connectivity index is 1.86. The van der Waals surface area contributed by atoms with Gasteiger partial charge in [0.2, 0.25) is 11.8 Å². The van der Waals surface area contributed by atoms with Gasteiger partial charge in [0.1, 0.15) is 0 Å². The number of hydrogen-bond acceptors (Lipinski definition) is 3. The monoisotopic (exact) mass is 317 g/mol. The normalized spacial score (nSPS) is 15.2. The van der Waals surface area contributed by atoms with Gasteiger partial charge in [0.15, 0.2) is 0 Å². The van der Waals surface area contributed by atoms with Crippen LogP contribution < -0.4 is 16.0 Å². The third kappa shape index (κ3) is 6.02. The minimum absolute atomic E-state index is 0.0280. The van der Waals surface area contributed by atoms with E-state index in [1.165, 1.54) is 0 Å². The van der Waals surface area contributed by atoms with Gasteiger partial charge in [-0.05, 0) is 50.6 Å². The van der Waals surface area contributed by atoms with Crippen LogP contribution in [0.15, 0.2) is 24.3 Å². The van der Waals surface area contributed by atoms with Crippen LogP contribution in [0, 0.1) is 5.92 Å². The molecule has 1 fully saturated rings. The van der Waals surface area contributed by atoms with E-state index in [9.17, 15) is 9.59 Å². The fourth-order valence-electron chi connectivity index (χ4n) is 2.76. The summed E-state index contributed by atoms with van der Waals surface area (Å²) in [7, 11) is 0. The van der Waals surface area contributed by atoms with Crippen LogP contribution in [0.2, 0.25) is 0 Å². The highest BCUT2D eigenvalue weighted by Gasteiger charge is 2.20. The molecule has 0 radical (unpaired) electrons. The van der Waals surface area contributed by atoms with Gasteiger partial charge in [-0.2, -0.15) is 0 Å². The lowest BCUT2D eigenvalue weighted by Gasteiger charge is -2.21. The summed E-state index contributed by atoms with van der Waals surface area (Å²) in [5.74, 6) is 0.168. The molecule has 1 aliphatic heterocycles. The van der Waals surface area contributed by atoms with Crippen LogP contribution >= 0.6 is 0 Å². The molecular weight excluding hydrogens is 290 g/mol. The van der Waals surface area contributed by atoms with E-state index < -0.39 is 0 Å². The van der Waals surface area contributed by atoms with Gasteiger partial charge in [-0.25, -0.2) is 0 Å². The van der Waals surface area contributed by atoms with Crippen molar-refractivity contribution < 1.29 is 9.59 Å². The van der Waals surface area contributed by atoms with Crippen molar-refractivity contribution in [3.63, 3.8) is 0 Å². The number of rotatable bonds is 7. The minimum atomic E-state index is 0.0280. The van der Waals surface area contributed by atoms with E-state index in [2.05, 4.69) is 22.9 Å². The van der Waals surface area contributed by atoms with E-state index in [1.807, 2.05) is 24.3 Å². The van der Waals surface area contributed by atoms with Crippen LogP contribution in [0.25, 0.3) is 0 Å². The summed E-state index contributed by atoms with van der Waals surface area (Å²) in [6, 6.07) is 7.36. The molecule has 1 heterocycles. The zero-order chi connectivity index (χ0) is 16.5. The molecule has 5 heteroatoms. The standard InChI is InChI=1S/C18H27N3O2/c1-2-3-4-8-17(22)20-15-6-5-7-16(13-15)21-18(23)14-9-11-19-12-10-14/h5-7,13-14,19H,2-4,8-12H2,1H3,(H,20,22)(H,21,23). The second-order valence-electron chi connectivity index (χ2n) is 6.10. The third-order valence-corrected chi connectivity index (χ3v) is 4.13. The van der Waals surface area contributed by atoms with Crippen molar-refractivity contribution >= 4 is 23.2 Å². The van der Waals surface area contributed by atoms with Crippen molar-refractivity contribution in [2.75, 3.05) is 23.7 Å². The van der Waals surface area contributed by atoms with Crippen molar-refractivity contribution in [3.8, 4) is 0 Å². The van der Waals surface area contributed by atoms with Crippen LogP contribution in [-0.2, 0) is 9.59 Å². The number of unbranched alkanes of at least 4 members (excludes halogenated alkanes) is 2. The molecule has 23 heavy (non-hydrogen) atoms. The van der Waals surface area contributed by atoms with E-state index >= 15 is 0 Å². The second-order valence-corrected chi connectivity index (χ2v) is 6.10. The molecule has 0 saturated carbocycles. The number of piperidine rings is 1. The number of carbonyl (C=O) groups is 2. The molecule has 0 unspecified atom stereocenters. The van der Waals surface area contributed by atoms with Crippen molar-refractivity contribution in [1.29, 1.82) is 0 Å². The highest BCUT2D eigenvalue weighted by atomic mass is 16.2. The molecule has 1 aromatic rings. The summed E-state index contributed by atoms with van der Waals surface area (Å²) < 4.78 is 0. The molecule has 0 atom stereocenters. The lowest BCUT2D eigenvalue weighted by molar-refractivity contribution is -0.120. The quantitative estimate of drug-likeness (QED) is 0.677. The Hall–Kier alpha value is -1.88. The molecule has 3 N–H and O–H groups in total. The maximum atomic E-state index is 12.2. The van der Waals surface area contributed by atoms with Gasteiger partial charge >= 0.3 is 0 Å². The number of anilines is 2. The Morgan fingerprint density at radius 1 is 1.13 bits per heavy atom. The van der Waals surface area contributed by atoms with E-state index in [-0.39, 0.29) is 17.7 Å². The first-order chi connectivity index (χ1) is 11.2. The summed E-state index contributed by atoms with van der Waals surface area (Å²) in [4.78, 5) is 24.1. The highest BCUT2D eigenvalue weighted by Crippen LogP contribution is 2.19. The Morgan fingerprint density at radius 3 is 2.52 bits per heavy atom. The van der Waals surface area contributed by atoms with Gasteiger partial charge < -0.3 is 16.0 Å². The van der Waals surface area contributed by atoms with E-state index in [0.29, 0.717) is 6.42 Å². The minimum Gasteiger partial charge on any atom is -0.326 e. The molecule has 0 bridgehead atoms. The molecule has 2 rings (SSSR count). The summed E-state index contributed by atoms with van der Waals surface area (Å²) in [5.41, 5.74) is 1.47.